The zero-order valence-electron chi connectivity index (χ0n) is 16.0. The van der Waals surface area contributed by atoms with Crippen LogP contribution in [0.2, 0.25) is 0 Å². The van der Waals surface area contributed by atoms with Crippen molar-refractivity contribution in [3.05, 3.63) is 108 Å². The summed E-state index contributed by atoms with van der Waals surface area (Å²) in [5.74, 6) is -1.76. The largest absolute Gasteiger partial charge is 0.261 e. The molecule has 0 aliphatic carbocycles. The van der Waals surface area contributed by atoms with E-state index in [0.717, 1.165) is 11.4 Å². The molecule has 5 heteroatoms. The average molecular weight is 397 g/mol. The standard InChI is InChI=1S/C25H17F2N3/c26-24-20(17-7-2-1-3-8-17)15-21(25(27)22(24)16-28)23-11-6-10-19(30-23)13-12-18-9-4-5-14-29-18/h1-11,14-15H,12-13H2. The summed E-state index contributed by atoms with van der Waals surface area (Å²) in [6.07, 6.45) is 3.06. The monoisotopic (exact) mass is 397 g/mol. The lowest BCUT2D eigenvalue weighted by Gasteiger charge is -2.12. The Bertz CT molecular complexity index is 1220. The van der Waals surface area contributed by atoms with Crippen LogP contribution in [0.15, 0.2) is 79.0 Å². The van der Waals surface area contributed by atoms with Gasteiger partial charge in [-0.2, -0.15) is 5.26 Å². The summed E-state index contributed by atoms with van der Waals surface area (Å²) in [7, 11) is 0. The van der Waals surface area contributed by atoms with E-state index in [-0.39, 0.29) is 11.1 Å². The Balaban J connectivity index is 1.74. The maximum absolute atomic E-state index is 15.0. The number of halogens is 2. The summed E-state index contributed by atoms with van der Waals surface area (Å²) in [4.78, 5) is 8.86. The number of hydrogen-bond donors (Lipinski definition) is 0. The van der Waals surface area contributed by atoms with E-state index in [1.165, 1.54) is 6.07 Å². The molecule has 0 aliphatic heterocycles. The molecule has 0 amide bonds. The first-order valence-electron chi connectivity index (χ1n) is 9.51. The van der Waals surface area contributed by atoms with Crippen LogP contribution in [0.25, 0.3) is 22.4 Å². The lowest BCUT2D eigenvalue weighted by molar-refractivity contribution is 0.581. The first-order chi connectivity index (χ1) is 14.7. The Morgan fingerprint density at radius 1 is 0.767 bits per heavy atom. The van der Waals surface area contributed by atoms with Crippen molar-refractivity contribution in [2.75, 3.05) is 0 Å². The van der Waals surface area contributed by atoms with Gasteiger partial charge in [0.15, 0.2) is 11.6 Å². The summed E-state index contributed by atoms with van der Waals surface area (Å²) in [5.41, 5.74) is 2.30. The molecule has 146 valence electrons. The zero-order valence-corrected chi connectivity index (χ0v) is 16.0. The number of benzene rings is 2. The highest BCUT2D eigenvalue weighted by Crippen LogP contribution is 2.33. The Morgan fingerprint density at radius 3 is 2.20 bits per heavy atom. The Hall–Kier alpha value is -3.91. The summed E-state index contributed by atoms with van der Waals surface area (Å²) in [6.45, 7) is 0. The van der Waals surface area contributed by atoms with Crippen molar-refractivity contribution < 1.29 is 8.78 Å². The maximum Gasteiger partial charge on any atom is 0.153 e. The predicted octanol–water partition coefficient (Wildman–Crippen LogP) is 5.75. The number of nitriles is 1. The molecule has 0 spiro atoms. The molecule has 0 unspecified atom stereocenters. The van der Waals surface area contributed by atoms with E-state index in [9.17, 15) is 14.0 Å². The van der Waals surface area contributed by atoms with Gasteiger partial charge < -0.3 is 0 Å². The second-order valence-corrected chi connectivity index (χ2v) is 6.79. The van der Waals surface area contributed by atoms with Gasteiger partial charge in [0.2, 0.25) is 0 Å². The van der Waals surface area contributed by atoms with Crippen molar-refractivity contribution in [1.82, 2.24) is 9.97 Å². The summed E-state index contributed by atoms with van der Waals surface area (Å²) < 4.78 is 29.8. The number of aryl methyl sites for hydroxylation is 2. The van der Waals surface area contributed by atoms with Crippen molar-refractivity contribution in [1.29, 1.82) is 5.26 Å². The normalized spacial score (nSPS) is 10.6. The van der Waals surface area contributed by atoms with Crippen LogP contribution in [0.3, 0.4) is 0 Å². The topological polar surface area (TPSA) is 49.6 Å². The highest BCUT2D eigenvalue weighted by atomic mass is 19.1. The van der Waals surface area contributed by atoms with Gasteiger partial charge in [0.1, 0.15) is 11.6 Å². The van der Waals surface area contributed by atoms with Crippen LogP contribution in [0.5, 0.6) is 0 Å². The molecule has 0 aliphatic rings. The van der Waals surface area contributed by atoms with E-state index in [1.807, 2.05) is 30.3 Å². The molecule has 0 atom stereocenters. The number of pyridine rings is 2. The molecule has 0 bridgehead atoms. The van der Waals surface area contributed by atoms with Gasteiger partial charge in [-0.05, 0) is 48.7 Å². The van der Waals surface area contributed by atoms with E-state index >= 15 is 0 Å². The highest BCUT2D eigenvalue weighted by molar-refractivity contribution is 5.75. The molecule has 0 saturated heterocycles. The van der Waals surface area contributed by atoms with Crippen LogP contribution < -0.4 is 0 Å². The third-order valence-corrected chi connectivity index (χ3v) is 4.84. The zero-order chi connectivity index (χ0) is 20.9. The fraction of sp³-hybridized carbons (Fsp3) is 0.0800. The average Bonchev–Trinajstić information content (AvgIpc) is 2.80. The fourth-order valence-electron chi connectivity index (χ4n) is 3.32. The van der Waals surface area contributed by atoms with Crippen LogP contribution >= 0.6 is 0 Å². The van der Waals surface area contributed by atoms with Crippen molar-refractivity contribution in [3.8, 4) is 28.5 Å². The van der Waals surface area contributed by atoms with Crippen LogP contribution in [-0.4, -0.2) is 9.97 Å². The van der Waals surface area contributed by atoms with Gasteiger partial charge in [-0.25, -0.2) is 8.78 Å². The van der Waals surface area contributed by atoms with E-state index in [1.54, 1.807) is 48.7 Å². The third-order valence-electron chi connectivity index (χ3n) is 4.84. The van der Waals surface area contributed by atoms with Crippen LogP contribution in [0, 0.1) is 23.0 Å². The van der Waals surface area contributed by atoms with Crippen molar-refractivity contribution in [2.24, 2.45) is 0 Å². The minimum absolute atomic E-state index is 0.103. The maximum atomic E-state index is 15.0. The van der Waals surface area contributed by atoms with Crippen LogP contribution in [0.1, 0.15) is 17.0 Å². The number of rotatable bonds is 5. The number of hydrogen-bond acceptors (Lipinski definition) is 3. The van der Waals surface area contributed by atoms with Gasteiger partial charge in [-0.1, -0.05) is 42.5 Å². The molecule has 4 aromatic rings. The molecule has 2 heterocycles. The molecule has 0 N–H and O–H groups in total. The van der Waals surface area contributed by atoms with E-state index in [2.05, 4.69) is 9.97 Å². The second kappa shape index (κ2) is 8.62. The molecule has 0 fully saturated rings. The quantitative estimate of drug-likeness (QED) is 0.431. The van der Waals surface area contributed by atoms with Gasteiger partial charge in [0.05, 0.1) is 5.69 Å². The summed E-state index contributed by atoms with van der Waals surface area (Å²) in [5, 5.41) is 9.35. The Kier molecular flexibility index (Phi) is 5.58. The Labute approximate surface area is 173 Å². The van der Waals surface area contributed by atoms with Crippen LogP contribution in [0.4, 0.5) is 8.78 Å². The minimum atomic E-state index is -0.899. The lowest BCUT2D eigenvalue weighted by Crippen LogP contribution is -2.01. The first kappa shape index (κ1) is 19.4. The highest BCUT2D eigenvalue weighted by Gasteiger charge is 2.21. The van der Waals surface area contributed by atoms with Crippen molar-refractivity contribution >= 4 is 0 Å². The number of nitrogens with zero attached hydrogens (tertiary/aromatic N) is 3. The van der Waals surface area contributed by atoms with E-state index in [4.69, 9.17) is 0 Å². The molecule has 30 heavy (non-hydrogen) atoms. The third kappa shape index (κ3) is 3.94. The first-order valence-corrected chi connectivity index (χ1v) is 9.51. The molecule has 0 saturated carbocycles. The van der Waals surface area contributed by atoms with E-state index < -0.39 is 17.2 Å². The minimum Gasteiger partial charge on any atom is -0.261 e. The summed E-state index contributed by atoms with van der Waals surface area (Å²) >= 11 is 0. The SMILES string of the molecule is N#Cc1c(F)c(-c2ccccc2)cc(-c2cccc(CCc3ccccn3)n2)c1F. The predicted molar refractivity (Wildman–Crippen MR) is 111 cm³/mol. The number of aromatic nitrogens is 2. The molecule has 3 nitrogen and oxygen atoms in total. The van der Waals surface area contributed by atoms with Gasteiger partial charge in [-0.15, -0.1) is 0 Å². The van der Waals surface area contributed by atoms with Gasteiger partial charge in [0, 0.05) is 28.7 Å². The molecule has 0 radical (unpaired) electrons. The second-order valence-electron chi connectivity index (χ2n) is 6.79. The lowest BCUT2D eigenvalue weighted by atomic mass is 9.96. The molecular formula is C25H17F2N3. The smallest absolute Gasteiger partial charge is 0.153 e. The Morgan fingerprint density at radius 2 is 1.47 bits per heavy atom. The van der Waals surface area contributed by atoms with Gasteiger partial charge >= 0.3 is 0 Å². The fourth-order valence-corrected chi connectivity index (χ4v) is 3.32. The summed E-state index contributed by atoms with van der Waals surface area (Å²) in [6, 6.07) is 22.9. The van der Waals surface area contributed by atoms with Crippen molar-refractivity contribution in [3.63, 3.8) is 0 Å². The molecular weight excluding hydrogens is 380 g/mol. The van der Waals surface area contributed by atoms with Crippen LogP contribution in [-0.2, 0) is 12.8 Å². The van der Waals surface area contributed by atoms with E-state index in [0.29, 0.717) is 24.1 Å². The molecule has 2 aromatic heterocycles. The van der Waals surface area contributed by atoms with Gasteiger partial charge in [-0.3, -0.25) is 9.97 Å². The van der Waals surface area contributed by atoms with Crippen molar-refractivity contribution in [2.45, 2.75) is 12.8 Å². The van der Waals surface area contributed by atoms with Gasteiger partial charge in [0.25, 0.3) is 0 Å². The molecule has 2 aromatic carbocycles. The molecule has 4 rings (SSSR count).